The van der Waals surface area contributed by atoms with Gasteiger partial charge in [-0.05, 0) is 63.5 Å². The number of rotatable bonds is 8. The standard InChI is InChI=1S/C37H60O11/c1-5-7-8-9-10-14-32(40)47-35-25(6-2)19-30-23-31(24-38)45-33(41)21-26(39)20-27-12-11-13-28(44-27)22-29-16-18-43-34(46-29)15-17-36(3,4)37(35,42)48-30/h6,15,17,26-31,34-35,38-39,42H,5,7-14,16,18-24H2,1-4H3/b17-15+,25-6+/t26-,27+,28-,29+,30+,31-,34+,35+,37-/m1/s1. The van der Waals surface area contributed by atoms with Crippen molar-refractivity contribution in [2.75, 3.05) is 13.2 Å². The third-order valence-corrected chi connectivity index (χ3v) is 10.2. The maximum Gasteiger partial charge on any atom is 0.308 e. The fourth-order valence-electron chi connectivity index (χ4n) is 7.30. The maximum atomic E-state index is 13.1. The molecule has 0 amide bonds. The zero-order chi connectivity index (χ0) is 34.7. The Morgan fingerprint density at radius 3 is 2.46 bits per heavy atom. The Labute approximate surface area is 286 Å². The highest BCUT2D eigenvalue weighted by atomic mass is 16.7. The summed E-state index contributed by atoms with van der Waals surface area (Å²) in [6, 6.07) is 0. The van der Waals surface area contributed by atoms with Gasteiger partial charge in [0.25, 0.3) is 0 Å². The first-order valence-corrected chi connectivity index (χ1v) is 18.3. The van der Waals surface area contributed by atoms with Crippen LogP contribution in [0.1, 0.15) is 124 Å². The van der Waals surface area contributed by atoms with Crippen LogP contribution in [0.3, 0.4) is 0 Å². The molecule has 4 aliphatic heterocycles. The van der Waals surface area contributed by atoms with E-state index in [1.807, 2.05) is 13.0 Å². The summed E-state index contributed by atoms with van der Waals surface area (Å²) in [4.78, 5) is 26.0. The summed E-state index contributed by atoms with van der Waals surface area (Å²) in [5.74, 6) is -3.06. The van der Waals surface area contributed by atoms with Crippen LogP contribution in [0.25, 0.3) is 0 Å². The van der Waals surface area contributed by atoms with Gasteiger partial charge in [-0.3, -0.25) is 9.59 Å². The van der Waals surface area contributed by atoms with Crippen LogP contribution in [-0.4, -0.2) is 95.3 Å². The highest BCUT2D eigenvalue weighted by Gasteiger charge is 2.57. The van der Waals surface area contributed by atoms with Crippen LogP contribution in [0, 0.1) is 5.41 Å². The average Bonchev–Trinajstić information content (AvgIpc) is 3.04. The van der Waals surface area contributed by atoms with Crippen LogP contribution in [0.5, 0.6) is 0 Å². The van der Waals surface area contributed by atoms with Gasteiger partial charge in [-0.1, -0.05) is 58.6 Å². The van der Waals surface area contributed by atoms with Crippen molar-refractivity contribution in [2.45, 2.75) is 179 Å². The monoisotopic (exact) mass is 680 g/mol. The van der Waals surface area contributed by atoms with Gasteiger partial charge in [0.1, 0.15) is 6.10 Å². The molecular weight excluding hydrogens is 620 g/mol. The molecule has 9 atom stereocenters. The van der Waals surface area contributed by atoms with E-state index in [9.17, 15) is 24.9 Å². The molecule has 0 radical (unpaired) electrons. The van der Waals surface area contributed by atoms with Gasteiger partial charge in [0, 0.05) is 24.7 Å². The van der Waals surface area contributed by atoms with E-state index in [1.54, 1.807) is 26.0 Å². The molecule has 0 saturated carbocycles. The third kappa shape index (κ3) is 10.8. The summed E-state index contributed by atoms with van der Waals surface area (Å²) < 4.78 is 36.7. The van der Waals surface area contributed by atoms with Gasteiger partial charge in [-0.2, -0.15) is 0 Å². The molecule has 3 N–H and O–H groups in total. The SMILES string of the molecule is C/C=C1\C[C@H]2C[C@H](CO)OC(=O)C[C@H](O)C[C@@H]3CCC[C@H](C[C@@H]4CCO[C@H](/C=C/C(C)(C)[C@](O)(O2)[C@H]1OC(=O)CCCCCCC)O4)O3. The zero-order valence-electron chi connectivity index (χ0n) is 29.5. The molecule has 6 bridgehead atoms. The average molecular weight is 681 g/mol. The molecule has 0 spiro atoms. The first-order chi connectivity index (χ1) is 23.0. The van der Waals surface area contributed by atoms with Gasteiger partial charge < -0.3 is 43.7 Å². The van der Waals surface area contributed by atoms with Crippen LogP contribution < -0.4 is 0 Å². The minimum Gasteiger partial charge on any atom is -0.460 e. The third-order valence-electron chi connectivity index (χ3n) is 10.2. The van der Waals surface area contributed by atoms with Crippen molar-refractivity contribution in [3.05, 3.63) is 23.8 Å². The Morgan fingerprint density at radius 1 is 1.00 bits per heavy atom. The Balaban J connectivity index is 1.61. The van der Waals surface area contributed by atoms with E-state index >= 15 is 0 Å². The van der Waals surface area contributed by atoms with Crippen LogP contribution in [-0.2, 0) is 38.0 Å². The number of fused-ring (bicyclic) bond motifs is 6. The summed E-state index contributed by atoms with van der Waals surface area (Å²) in [7, 11) is 0. The lowest BCUT2D eigenvalue weighted by atomic mass is 9.74. The number of unbranched alkanes of at least 4 members (excludes halogenated alkanes) is 4. The highest BCUT2D eigenvalue weighted by molar-refractivity contribution is 5.70. The number of esters is 2. The van der Waals surface area contributed by atoms with Crippen molar-refractivity contribution in [3.63, 3.8) is 0 Å². The van der Waals surface area contributed by atoms with Gasteiger partial charge in [0.15, 0.2) is 12.4 Å². The fourth-order valence-corrected chi connectivity index (χ4v) is 7.30. The van der Waals surface area contributed by atoms with Gasteiger partial charge in [0.05, 0.1) is 50.2 Å². The number of allylic oxidation sites excluding steroid dienone is 1. The lowest BCUT2D eigenvalue weighted by Gasteiger charge is -2.51. The van der Waals surface area contributed by atoms with Crippen molar-refractivity contribution < 1.29 is 53.3 Å². The van der Waals surface area contributed by atoms with E-state index < -0.39 is 60.5 Å². The second-order valence-electron chi connectivity index (χ2n) is 14.6. The summed E-state index contributed by atoms with van der Waals surface area (Å²) >= 11 is 0. The van der Waals surface area contributed by atoms with E-state index in [1.165, 1.54) is 0 Å². The highest BCUT2D eigenvalue weighted by Crippen LogP contribution is 2.47. The number of aliphatic hydroxyl groups excluding tert-OH is 2. The number of hydrogen-bond donors (Lipinski definition) is 3. The largest absolute Gasteiger partial charge is 0.460 e. The molecule has 0 aromatic carbocycles. The molecule has 274 valence electrons. The molecule has 4 heterocycles. The van der Waals surface area contributed by atoms with E-state index in [4.69, 9.17) is 28.4 Å². The molecule has 3 saturated heterocycles. The minimum absolute atomic E-state index is 0.0361. The van der Waals surface area contributed by atoms with Crippen LogP contribution >= 0.6 is 0 Å². The van der Waals surface area contributed by atoms with Gasteiger partial charge in [0.2, 0.25) is 5.79 Å². The van der Waals surface area contributed by atoms with Crippen molar-refractivity contribution in [3.8, 4) is 0 Å². The van der Waals surface area contributed by atoms with E-state index in [0.29, 0.717) is 44.3 Å². The molecule has 0 aromatic heterocycles. The van der Waals surface area contributed by atoms with Crippen molar-refractivity contribution in [1.82, 2.24) is 0 Å². The molecule has 3 fully saturated rings. The zero-order valence-corrected chi connectivity index (χ0v) is 29.5. The van der Waals surface area contributed by atoms with Crippen LogP contribution in [0.2, 0.25) is 0 Å². The molecule has 48 heavy (non-hydrogen) atoms. The molecule has 11 heteroatoms. The fraction of sp³-hybridized carbons (Fsp3) is 0.838. The Hall–Kier alpha value is -1.86. The molecule has 0 unspecified atom stereocenters. The van der Waals surface area contributed by atoms with Crippen molar-refractivity contribution in [2.24, 2.45) is 5.41 Å². The normalized spacial score (nSPS) is 38.1. The minimum atomic E-state index is -2.02. The van der Waals surface area contributed by atoms with Gasteiger partial charge in [-0.15, -0.1) is 0 Å². The molecule has 4 aliphatic rings. The Morgan fingerprint density at radius 2 is 1.73 bits per heavy atom. The Kier molecular flexibility index (Phi) is 14.9. The maximum absolute atomic E-state index is 13.1. The van der Waals surface area contributed by atoms with Crippen LogP contribution in [0.4, 0.5) is 0 Å². The van der Waals surface area contributed by atoms with E-state index in [0.717, 1.165) is 44.9 Å². The first kappa shape index (κ1) is 38.9. The number of hydrogen-bond acceptors (Lipinski definition) is 11. The Bertz CT molecular complexity index is 1090. The number of carbonyl (C=O) groups is 2. The second-order valence-corrected chi connectivity index (χ2v) is 14.6. The number of cyclic esters (lactones) is 1. The molecule has 4 rings (SSSR count). The van der Waals surface area contributed by atoms with Crippen molar-refractivity contribution >= 4 is 11.9 Å². The van der Waals surface area contributed by atoms with Crippen molar-refractivity contribution in [1.29, 1.82) is 0 Å². The smallest absolute Gasteiger partial charge is 0.308 e. The first-order valence-electron chi connectivity index (χ1n) is 18.3. The topological polar surface area (TPSA) is 150 Å². The summed E-state index contributed by atoms with van der Waals surface area (Å²) in [5, 5.41) is 33.4. The second kappa shape index (κ2) is 18.4. The lowest BCUT2D eigenvalue weighted by Crippen LogP contribution is -2.62. The van der Waals surface area contributed by atoms with E-state index in [2.05, 4.69) is 6.92 Å². The summed E-state index contributed by atoms with van der Waals surface area (Å²) in [6.07, 6.45) is 10.4. The van der Waals surface area contributed by atoms with Gasteiger partial charge >= 0.3 is 11.9 Å². The summed E-state index contributed by atoms with van der Waals surface area (Å²) in [6.45, 7) is 7.61. The van der Waals surface area contributed by atoms with Crippen LogP contribution in [0.15, 0.2) is 23.8 Å². The molecule has 0 aliphatic carbocycles. The van der Waals surface area contributed by atoms with E-state index in [-0.39, 0.29) is 37.6 Å². The predicted molar refractivity (Wildman–Crippen MR) is 178 cm³/mol. The lowest BCUT2D eigenvalue weighted by molar-refractivity contribution is -0.327. The van der Waals surface area contributed by atoms with Gasteiger partial charge in [-0.25, -0.2) is 0 Å². The number of aliphatic hydroxyl groups is 3. The predicted octanol–water partition coefficient (Wildman–Crippen LogP) is 5.17. The molecular formula is C37H60O11. The number of ether oxygens (including phenoxy) is 6. The quantitative estimate of drug-likeness (QED) is 0.177. The summed E-state index contributed by atoms with van der Waals surface area (Å²) in [5.41, 5.74) is -0.450. The molecule has 11 nitrogen and oxygen atoms in total. The number of carbonyl (C=O) groups excluding carboxylic acids is 2. The molecule has 0 aromatic rings.